The van der Waals surface area contributed by atoms with Gasteiger partial charge in [-0.15, -0.1) is 0 Å². The van der Waals surface area contributed by atoms with Crippen LogP contribution >= 0.6 is 0 Å². The van der Waals surface area contributed by atoms with Crippen molar-refractivity contribution in [2.45, 2.75) is 6.92 Å². The van der Waals surface area contributed by atoms with Crippen LogP contribution in [0.3, 0.4) is 0 Å². The standard InChI is InChI=1S/C13H12N4O7/c1-2-24-5(3-6-8(18)14-12(22)15-9(6)19)4-7-10(20)16-13(23)17-11(7)21/h3-4H,2H2,1H3,(H2,14,15,18,19,22)(H3,16,17,20,21,23). The number of barbiturate groups is 1. The number of carbonyl (C=O) groups excluding carboxylic acids is 3. The number of nitrogens with one attached hydrogen (secondary N) is 4. The lowest BCUT2D eigenvalue weighted by atomic mass is 10.1. The molecule has 11 heteroatoms. The van der Waals surface area contributed by atoms with E-state index in [0.29, 0.717) is 0 Å². The van der Waals surface area contributed by atoms with Gasteiger partial charge in [0.05, 0.1) is 6.61 Å². The first-order valence-corrected chi connectivity index (χ1v) is 6.60. The van der Waals surface area contributed by atoms with Gasteiger partial charge in [0.15, 0.2) is 0 Å². The van der Waals surface area contributed by atoms with Crippen LogP contribution in [0.1, 0.15) is 12.5 Å². The molecule has 0 unspecified atom stereocenters. The van der Waals surface area contributed by atoms with Gasteiger partial charge in [0, 0.05) is 0 Å². The molecule has 126 valence electrons. The van der Waals surface area contributed by atoms with Crippen molar-refractivity contribution in [2.75, 3.05) is 6.61 Å². The van der Waals surface area contributed by atoms with E-state index in [-0.39, 0.29) is 17.9 Å². The summed E-state index contributed by atoms with van der Waals surface area (Å²) in [5.41, 5.74) is -2.59. The molecule has 2 rings (SSSR count). The Balaban J connectivity index is 2.51. The number of imide groups is 2. The molecule has 1 saturated heterocycles. The average molecular weight is 336 g/mol. The van der Waals surface area contributed by atoms with Crippen LogP contribution in [0.5, 0.6) is 5.88 Å². The van der Waals surface area contributed by atoms with Crippen molar-refractivity contribution in [3.05, 3.63) is 43.8 Å². The minimum atomic E-state index is -0.959. The maximum atomic E-state index is 11.7. The number of carbonyl (C=O) groups is 3. The first-order chi connectivity index (χ1) is 11.3. The van der Waals surface area contributed by atoms with Crippen LogP contribution in [0.2, 0.25) is 0 Å². The molecular weight excluding hydrogens is 324 g/mol. The third kappa shape index (κ3) is 3.58. The van der Waals surface area contributed by atoms with Gasteiger partial charge in [0.2, 0.25) is 5.88 Å². The molecule has 0 spiro atoms. The minimum Gasteiger partial charge on any atom is -0.494 e. The fourth-order valence-electron chi connectivity index (χ4n) is 1.80. The normalized spacial score (nSPS) is 15.0. The molecule has 11 nitrogen and oxygen atoms in total. The van der Waals surface area contributed by atoms with Crippen molar-refractivity contribution in [3.63, 3.8) is 0 Å². The number of hydrogen-bond donors (Lipinski definition) is 5. The molecule has 5 N–H and O–H groups in total. The van der Waals surface area contributed by atoms with E-state index in [2.05, 4.69) is 0 Å². The maximum Gasteiger partial charge on any atom is 0.328 e. The van der Waals surface area contributed by atoms with Crippen molar-refractivity contribution in [1.82, 2.24) is 20.6 Å². The van der Waals surface area contributed by atoms with Gasteiger partial charge in [-0.1, -0.05) is 0 Å². The van der Waals surface area contributed by atoms with Crippen LogP contribution in [0.15, 0.2) is 27.0 Å². The fraction of sp³-hybridized carbons (Fsp3) is 0.154. The average Bonchev–Trinajstić information content (AvgIpc) is 2.46. The van der Waals surface area contributed by atoms with Gasteiger partial charge in [-0.2, -0.15) is 0 Å². The van der Waals surface area contributed by atoms with Gasteiger partial charge in [0.25, 0.3) is 17.4 Å². The number of allylic oxidation sites excluding steroid dienone is 1. The summed E-state index contributed by atoms with van der Waals surface area (Å²) in [7, 11) is 0. The van der Waals surface area contributed by atoms with Crippen molar-refractivity contribution in [3.8, 4) is 5.88 Å². The molecule has 1 aliphatic rings. The molecule has 1 aromatic heterocycles. The lowest BCUT2D eigenvalue weighted by Gasteiger charge is -2.14. The van der Waals surface area contributed by atoms with Gasteiger partial charge in [-0.05, 0) is 19.1 Å². The molecule has 1 aliphatic heterocycles. The van der Waals surface area contributed by atoms with Crippen LogP contribution in [-0.4, -0.2) is 39.5 Å². The monoisotopic (exact) mass is 336 g/mol. The molecule has 1 aromatic rings. The first-order valence-electron chi connectivity index (χ1n) is 6.60. The topological polar surface area (TPSA) is 170 Å². The van der Waals surface area contributed by atoms with E-state index in [1.54, 1.807) is 6.92 Å². The SMILES string of the molecule is CCOC(=Cc1c(O)[nH]c(=O)[nH]c1=O)C=C1C(=O)NC(=O)NC1=O. The molecule has 1 fully saturated rings. The third-order valence-corrected chi connectivity index (χ3v) is 2.79. The highest BCUT2D eigenvalue weighted by Crippen LogP contribution is 2.15. The van der Waals surface area contributed by atoms with Crippen LogP contribution in [-0.2, 0) is 14.3 Å². The molecule has 0 radical (unpaired) electrons. The zero-order valence-corrected chi connectivity index (χ0v) is 12.3. The Hall–Kier alpha value is -3.63. The summed E-state index contributed by atoms with van der Waals surface area (Å²) >= 11 is 0. The Labute approximate surface area is 133 Å². The number of urea groups is 1. The molecule has 0 atom stereocenters. The second-order valence-corrected chi connectivity index (χ2v) is 4.45. The second-order valence-electron chi connectivity index (χ2n) is 4.45. The molecule has 0 aromatic carbocycles. The van der Waals surface area contributed by atoms with Crippen molar-refractivity contribution in [2.24, 2.45) is 0 Å². The van der Waals surface area contributed by atoms with Gasteiger partial charge in [0.1, 0.15) is 16.9 Å². The second kappa shape index (κ2) is 6.64. The van der Waals surface area contributed by atoms with E-state index in [4.69, 9.17) is 4.74 Å². The predicted molar refractivity (Wildman–Crippen MR) is 78.7 cm³/mol. The van der Waals surface area contributed by atoms with E-state index in [1.165, 1.54) is 0 Å². The Morgan fingerprint density at radius 2 is 1.71 bits per heavy atom. The summed E-state index contributed by atoms with van der Waals surface area (Å²) in [5.74, 6) is -2.74. The van der Waals surface area contributed by atoms with Gasteiger partial charge >= 0.3 is 11.7 Å². The van der Waals surface area contributed by atoms with Gasteiger partial charge in [-0.25, -0.2) is 9.59 Å². The molecule has 0 bridgehead atoms. The number of H-pyrrole nitrogens is 2. The van der Waals surface area contributed by atoms with Crippen LogP contribution in [0.4, 0.5) is 4.79 Å². The first kappa shape index (κ1) is 16.7. The number of ether oxygens (including phenoxy) is 1. The molecule has 4 amide bonds. The molecule has 2 heterocycles. The third-order valence-electron chi connectivity index (χ3n) is 2.79. The summed E-state index contributed by atoms with van der Waals surface area (Å²) < 4.78 is 5.20. The summed E-state index contributed by atoms with van der Waals surface area (Å²) in [4.78, 5) is 61.0. The zero-order valence-electron chi connectivity index (χ0n) is 12.3. The van der Waals surface area contributed by atoms with Crippen LogP contribution < -0.4 is 21.9 Å². The fourth-order valence-corrected chi connectivity index (χ4v) is 1.80. The quantitative estimate of drug-likeness (QED) is 0.251. The predicted octanol–water partition coefficient (Wildman–Crippen LogP) is -1.56. The van der Waals surface area contributed by atoms with E-state index in [9.17, 15) is 29.1 Å². The lowest BCUT2D eigenvalue weighted by Crippen LogP contribution is -2.51. The molecule has 0 saturated carbocycles. The van der Waals surface area contributed by atoms with E-state index in [1.807, 2.05) is 20.6 Å². The zero-order chi connectivity index (χ0) is 17.9. The summed E-state index contributed by atoms with van der Waals surface area (Å²) in [6.07, 6.45) is 2.02. The summed E-state index contributed by atoms with van der Waals surface area (Å²) in [5, 5.41) is 13.4. The smallest absolute Gasteiger partial charge is 0.328 e. The number of aromatic amines is 2. The van der Waals surface area contributed by atoms with Crippen molar-refractivity contribution >= 4 is 23.9 Å². The van der Waals surface area contributed by atoms with E-state index in [0.717, 1.165) is 12.2 Å². The Kier molecular flexibility index (Phi) is 4.63. The highest BCUT2D eigenvalue weighted by Gasteiger charge is 2.28. The Bertz CT molecular complexity index is 868. The number of rotatable bonds is 4. The van der Waals surface area contributed by atoms with Gasteiger partial charge < -0.3 is 9.84 Å². The molecular formula is C13H12N4O7. The van der Waals surface area contributed by atoms with Gasteiger partial charge in [-0.3, -0.25) is 35.0 Å². The molecule has 24 heavy (non-hydrogen) atoms. The Morgan fingerprint density at radius 3 is 2.25 bits per heavy atom. The Morgan fingerprint density at radius 1 is 1.08 bits per heavy atom. The summed E-state index contributed by atoms with van der Waals surface area (Å²) in [6.45, 7) is 1.72. The summed E-state index contributed by atoms with van der Waals surface area (Å²) in [6, 6.07) is -0.959. The molecule has 0 aliphatic carbocycles. The van der Waals surface area contributed by atoms with Crippen LogP contribution in [0.25, 0.3) is 6.08 Å². The highest BCUT2D eigenvalue weighted by atomic mass is 16.5. The largest absolute Gasteiger partial charge is 0.494 e. The van der Waals surface area contributed by atoms with Crippen molar-refractivity contribution < 1.29 is 24.2 Å². The van der Waals surface area contributed by atoms with Crippen molar-refractivity contribution in [1.29, 1.82) is 0 Å². The lowest BCUT2D eigenvalue weighted by molar-refractivity contribution is -0.124. The van der Waals surface area contributed by atoms with Crippen LogP contribution in [0, 0.1) is 0 Å². The maximum absolute atomic E-state index is 11.7. The number of aromatic hydroxyl groups is 1. The van der Waals surface area contributed by atoms with E-state index >= 15 is 0 Å². The number of aromatic nitrogens is 2. The van der Waals surface area contributed by atoms with E-state index < -0.39 is 40.5 Å². The number of amides is 4. The highest BCUT2D eigenvalue weighted by molar-refractivity contribution is 6.29. The minimum absolute atomic E-state index is 0.111. The number of hydrogen-bond acceptors (Lipinski definition) is 7.